The Morgan fingerprint density at radius 1 is 1.30 bits per heavy atom. The first-order valence-electron chi connectivity index (χ1n) is 7.57. The molecule has 0 amide bonds. The molecule has 0 saturated heterocycles. The summed E-state index contributed by atoms with van der Waals surface area (Å²) in [7, 11) is 0. The molecule has 2 heterocycles. The van der Waals surface area contributed by atoms with E-state index in [0.29, 0.717) is 11.5 Å². The van der Waals surface area contributed by atoms with Crippen LogP contribution in [0.4, 0.5) is 5.82 Å². The van der Waals surface area contributed by atoms with Gasteiger partial charge in [-0.1, -0.05) is 31.2 Å². The van der Waals surface area contributed by atoms with Crippen molar-refractivity contribution in [2.24, 2.45) is 5.41 Å². The van der Waals surface area contributed by atoms with Crippen molar-refractivity contribution in [3.05, 3.63) is 35.9 Å². The second-order valence-corrected chi connectivity index (χ2v) is 6.56. The van der Waals surface area contributed by atoms with E-state index in [0.717, 1.165) is 12.2 Å². The Balaban J connectivity index is 1.78. The Bertz CT molecular complexity index is 652. The molecule has 0 spiro atoms. The first-order chi connectivity index (χ1) is 9.67. The van der Waals surface area contributed by atoms with Gasteiger partial charge in [0.25, 0.3) is 0 Å². The number of anilines is 1. The van der Waals surface area contributed by atoms with Crippen LogP contribution < -0.4 is 5.32 Å². The quantitative estimate of drug-likeness (QED) is 0.890. The number of hydrogen-bond acceptors (Lipinski definition) is 2. The molecule has 1 aromatic carbocycles. The normalized spacial score (nSPS) is 23.0. The standard InChI is InChI=1S/C17H21N3/c1-12-5-3-4-6-13(12)14-11-16-18-10-7-15(20(16)19-14)17(2)8-9-17/h3-6,11,15,18H,7-10H2,1-2H3. The molecular weight excluding hydrogens is 246 g/mol. The Kier molecular flexibility index (Phi) is 2.47. The van der Waals surface area contributed by atoms with E-state index in [1.807, 2.05) is 0 Å². The number of hydrogen-bond donors (Lipinski definition) is 1. The maximum absolute atomic E-state index is 4.92. The molecule has 1 aliphatic heterocycles. The lowest BCUT2D eigenvalue weighted by Crippen LogP contribution is -2.28. The molecule has 3 heteroatoms. The van der Waals surface area contributed by atoms with Crippen LogP contribution in [-0.4, -0.2) is 16.3 Å². The van der Waals surface area contributed by atoms with Crippen molar-refractivity contribution in [2.75, 3.05) is 11.9 Å². The summed E-state index contributed by atoms with van der Waals surface area (Å²) in [5.41, 5.74) is 4.11. The van der Waals surface area contributed by atoms with Crippen molar-refractivity contribution in [3.63, 3.8) is 0 Å². The summed E-state index contributed by atoms with van der Waals surface area (Å²) in [4.78, 5) is 0. The minimum absolute atomic E-state index is 0.478. The highest BCUT2D eigenvalue weighted by atomic mass is 15.4. The maximum atomic E-state index is 4.92. The first kappa shape index (κ1) is 12.0. The highest BCUT2D eigenvalue weighted by Gasteiger charge is 2.47. The van der Waals surface area contributed by atoms with Gasteiger partial charge >= 0.3 is 0 Å². The van der Waals surface area contributed by atoms with Crippen molar-refractivity contribution < 1.29 is 0 Å². The summed E-state index contributed by atoms with van der Waals surface area (Å²) in [6.07, 6.45) is 3.88. The molecular formula is C17H21N3. The number of nitrogens with one attached hydrogen (secondary N) is 1. The highest BCUT2D eigenvalue weighted by Crippen LogP contribution is 2.56. The summed E-state index contributed by atoms with van der Waals surface area (Å²) in [6, 6.07) is 11.3. The van der Waals surface area contributed by atoms with Crippen LogP contribution in [0, 0.1) is 12.3 Å². The van der Waals surface area contributed by atoms with Gasteiger partial charge in [0.05, 0.1) is 11.7 Å². The van der Waals surface area contributed by atoms with Crippen LogP contribution >= 0.6 is 0 Å². The average Bonchev–Trinajstić information content (AvgIpc) is 3.04. The molecule has 3 nitrogen and oxygen atoms in total. The van der Waals surface area contributed by atoms with E-state index in [2.05, 4.69) is 54.2 Å². The fourth-order valence-electron chi connectivity index (χ4n) is 3.39. The number of benzene rings is 1. The number of rotatable bonds is 2. The van der Waals surface area contributed by atoms with Gasteiger partial charge in [0.1, 0.15) is 5.82 Å². The second-order valence-electron chi connectivity index (χ2n) is 6.56. The largest absolute Gasteiger partial charge is 0.370 e. The van der Waals surface area contributed by atoms with Crippen LogP contribution in [0.3, 0.4) is 0 Å². The molecule has 1 aliphatic carbocycles. The molecule has 1 N–H and O–H groups in total. The Morgan fingerprint density at radius 3 is 2.85 bits per heavy atom. The van der Waals surface area contributed by atoms with Gasteiger partial charge in [-0.05, 0) is 37.2 Å². The van der Waals surface area contributed by atoms with Crippen LogP contribution in [0.2, 0.25) is 0 Å². The van der Waals surface area contributed by atoms with Gasteiger partial charge < -0.3 is 5.32 Å². The Hall–Kier alpha value is -1.77. The number of nitrogens with zero attached hydrogens (tertiary/aromatic N) is 2. The van der Waals surface area contributed by atoms with E-state index in [1.54, 1.807) is 0 Å². The number of aryl methyl sites for hydroxylation is 1. The lowest BCUT2D eigenvalue weighted by molar-refractivity contribution is 0.285. The lowest BCUT2D eigenvalue weighted by atomic mass is 9.95. The number of aromatic nitrogens is 2. The second kappa shape index (κ2) is 4.11. The van der Waals surface area contributed by atoms with Gasteiger partial charge in [-0.3, -0.25) is 0 Å². The smallest absolute Gasteiger partial charge is 0.125 e. The van der Waals surface area contributed by atoms with Gasteiger partial charge in [0.15, 0.2) is 0 Å². The van der Waals surface area contributed by atoms with Crippen molar-refractivity contribution in [3.8, 4) is 11.3 Å². The van der Waals surface area contributed by atoms with Crippen molar-refractivity contribution in [1.82, 2.24) is 9.78 Å². The molecule has 20 heavy (non-hydrogen) atoms. The topological polar surface area (TPSA) is 29.9 Å². The molecule has 0 bridgehead atoms. The molecule has 1 unspecified atom stereocenters. The van der Waals surface area contributed by atoms with Gasteiger partial charge in [-0.15, -0.1) is 0 Å². The van der Waals surface area contributed by atoms with E-state index in [1.165, 1.54) is 36.2 Å². The molecule has 0 radical (unpaired) electrons. The third-order valence-corrected chi connectivity index (χ3v) is 5.02. The molecule has 4 rings (SSSR count). The zero-order valence-corrected chi connectivity index (χ0v) is 12.2. The van der Waals surface area contributed by atoms with Crippen LogP contribution in [0.1, 0.15) is 37.8 Å². The monoisotopic (exact) mass is 267 g/mol. The Morgan fingerprint density at radius 2 is 2.10 bits per heavy atom. The zero-order valence-electron chi connectivity index (χ0n) is 12.2. The molecule has 1 fully saturated rings. The third-order valence-electron chi connectivity index (χ3n) is 5.02. The molecule has 1 aromatic heterocycles. The predicted molar refractivity (Wildman–Crippen MR) is 81.9 cm³/mol. The van der Waals surface area contributed by atoms with E-state index in [-0.39, 0.29) is 0 Å². The average molecular weight is 267 g/mol. The third kappa shape index (κ3) is 1.76. The fraction of sp³-hybridized carbons (Fsp3) is 0.471. The minimum atomic E-state index is 0.478. The molecule has 2 aromatic rings. The van der Waals surface area contributed by atoms with Gasteiger partial charge in [0, 0.05) is 18.2 Å². The Labute approximate surface area is 120 Å². The summed E-state index contributed by atoms with van der Waals surface area (Å²) >= 11 is 0. The summed E-state index contributed by atoms with van der Waals surface area (Å²) in [5, 5.41) is 8.43. The SMILES string of the molecule is Cc1ccccc1-c1cc2n(n1)C(C1(C)CC1)CCN2. The highest BCUT2D eigenvalue weighted by molar-refractivity contribution is 5.66. The molecule has 104 valence electrons. The van der Waals surface area contributed by atoms with Crippen molar-refractivity contribution in [2.45, 2.75) is 39.2 Å². The molecule has 1 atom stereocenters. The summed E-state index contributed by atoms with van der Waals surface area (Å²) in [6.45, 7) is 5.63. The van der Waals surface area contributed by atoms with E-state index in [9.17, 15) is 0 Å². The van der Waals surface area contributed by atoms with Crippen molar-refractivity contribution in [1.29, 1.82) is 0 Å². The van der Waals surface area contributed by atoms with Gasteiger partial charge in [-0.25, -0.2) is 4.68 Å². The molecule has 2 aliphatic rings. The minimum Gasteiger partial charge on any atom is -0.370 e. The molecule has 1 saturated carbocycles. The summed E-state index contributed by atoms with van der Waals surface area (Å²) < 4.78 is 2.25. The lowest BCUT2D eigenvalue weighted by Gasteiger charge is -2.30. The van der Waals surface area contributed by atoms with E-state index in [4.69, 9.17) is 5.10 Å². The maximum Gasteiger partial charge on any atom is 0.125 e. The summed E-state index contributed by atoms with van der Waals surface area (Å²) in [5.74, 6) is 1.19. The van der Waals surface area contributed by atoms with Crippen LogP contribution in [0.5, 0.6) is 0 Å². The van der Waals surface area contributed by atoms with Gasteiger partial charge in [-0.2, -0.15) is 5.10 Å². The first-order valence-corrected chi connectivity index (χ1v) is 7.57. The van der Waals surface area contributed by atoms with E-state index >= 15 is 0 Å². The van der Waals surface area contributed by atoms with Crippen LogP contribution in [0.15, 0.2) is 30.3 Å². The van der Waals surface area contributed by atoms with Gasteiger partial charge in [0.2, 0.25) is 0 Å². The van der Waals surface area contributed by atoms with Crippen LogP contribution in [-0.2, 0) is 0 Å². The van der Waals surface area contributed by atoms with Crippen LogP contribution in [0.25, 0.3) is 11.3 Å². The zero-order chi connectivity index (χ0) is 13.7. The predicted octanol–water partition coefficient (Wildman–Crippen LogP) is 4.02. The van der Waals surface area contributed by atoms with E-state index < -0.39 is 0 Å². The fourth-order valence-corrected chi connectivity index (χ4v) is 3.39. The number of fused-ring (bicyclic) bond motifs is 1. The van der Waals surface area contributed by atoms with Crippen molar-refractivity contribution >= 4 is 5.82 Å².